The smallest absolute Gasteiger partial charge is 0.348 e. The van der Waals surface area contributed by atoms with Crippen LogP contribution in [0.3, 0.4) is 0 Å². The van der Waals surface area contributed by atoms with E-state index in [2.05, 4.69) is 10.6 Å². The Morgan fingerprint density at radius 1 is 1.23 bits per heavy atom. The van der Waals surface area contributed by atoms with E-state index in [0.717, 1.165) is 25.9 Å². The normalized spacial score (nSPS) is 13.7. The number of ether oxygens (including phenoxy) is 1. The molecule has 30 heavy (non-hydrogen) atoms. The average Bonchev–Trinajstić information content (AvgIpc) is 2.77. The minimum Gasteiger partial charge on any atom is -0.591 e. The molecule has 0 radical (unpaired) electrons. The van der Waals surface area contributed by atoms with Crippen molar-refractivity contribution in [3.63, 3.8) is 0 Å². The van der Waals surface area contributed by atoms with E-state index < -0.39 is 19.8 Å². The number of hydrogen-bond acceptors (Lipinski definition) is 6. The van der Waals surface area contributed by atoms with Gasteiger partial charge in [-0.05, 0) is 50.2 Å². The van der Waals surface area contributed by atoms with Crippen molar-refractivity contribution in [1.29, 1.82) is 0 Å². The molecule has 3 rings (SSSR count). The fraction of sp³-hybridized carbons (Fsp3) is 0.381. The Morgan fingerprint density at radius 2 is 1.90 bits per heavy atom. The molecular weight excluding hydrogens is 410 g/mol. The Bertz CT molecular complexity index is 829. The second kappa shape index (κ2) is 13.8. The number of aliphatic hydroxyl groups is 1. The van der Waals surface area contributed by atoms with E-state index in [9.17, 15) is 18.6 Å². The maximum Gasteiger partial charge on any atom is 0.348 e. The highest BCUT2D eigenvalue weighted by atomic mass is 31.1. The van der Waals surface area contributed by atoms with E-state index in [1.807, 2.05) is 13.8 Å². The van der Waals surface area contributed by atoms with Crippen molar-refractivity contribution in [2.24, 2.45) is 0 Å². The van der Waals surface area contributed by atoms with Gasteiger partial charge < -0.3 is 25.4 Å². The van der Waals surface area contributed by atoms with E-state index >= 15 is 0 Å². The van der Waals surface area contributed by atoms with E-state index in [1.165, 1.54) is 49.6 Å². The van der Waals surface area contributed by atoms with Crippen molar-refractivity contribution in [3.8, 4) is 5.75 Å². The Morgan fingerprint density at radius 3 is 2.43 bits per heavy atom. The molecule has 7 nitrogen and oxygen atoms in total. The van der Waals surface area contributed by atoms with Gasteiger partial charge in [0.2, 0.25) is 0 Å². The van der Waals surface area contributed by atoms with Gasteiger partial charge in [0.15, 0.2) is 16.9 Å². The highest BCUT2D eigenvalue weighted by Crippen LogP contribution is 2.22. The Labute approximate surface area is 177 Å². The first-order valence-corrected chi connectivity index (χ1v) is 10.9. The van der Waals surface area contributed by atoms with Gasteiger partial charge in [0.25, 0.3) is 5.91 Å². The summed E-state index contributed by atoms with van der Waals surface area (Å²) in [7, 11) is -1.44. The van der Waals surface area contributed by atoms with Crippen LogP contribution in [0.15, 0.2) is 42.5 Å². The standard InChI is InChI=1S/C14H11FNO4P.C5H11NO.C2H6/c1-20-13-8-10(5-6-12(13)15)16-14(17)9-3-2-4-11(7-9)21(18)19;7-5-1-3-6-4-2-5;1-2/h2-8H,1H3,(H,16,17);5-7H,1-4H2;1-2H3. The Hall–Kier alpha value is -2.38. The second-order valence-electron chi connectivity index (χ2n) is 6.09. The van der Waals surface area contributed by atoms with Crippen molar-refractivity contribution in [3.05, 3.63) is 53.8 Å². The third kappa shape index (κ3) is 8.55. The van der Waals surface area contributed by atoms with Crippen LogP contribution in [0.2, 0.25) is 0 Å². The molecule has 1 unspecified atom stereocenters. The summed E-state index contributed by atoms with van der Waals surface area (Å²) in [4.78, 5) is 22.9. The summed E-state index contributed by atoms with van der Waals surface area (Å²) in [6.07, 6.45) is 1.83. The molecule has 1 saturated heterocycles. The molecule has 0 spiro atoms. The lowest BCUT2D eigenvalue weighted by Gasteiger charge is -2.16. The molecule has 0 saturated carbocycles. The van der Waals surface area contributed by atoms with Crippen molar-refractivity contribution in [1.82, 2.24) is 5.32 Å². The van der Waals surface area contributed by atoms with Crippen LogP contribution in [0, 0.1) is 5.82 Å². The third-order valence-corrected chi connectivity index (χ3v) is 4.74. The molecular formula is C21H28FN2O5P. The molecule has 2 aromatic carbocycles. The van der Waals surface area contributed by atoms with E-state index in [0.29, 0.717) is 5.69 Å². The van der Waals surface area contributed by atoms with Gasteiger partial charge in [0.1, 0.15) is 0 Å². The number of amides is 1. The highest BCUT2D eigenvalue weighted by molar-refractivity contribution is 7.45. The number of carbonyl (C=O) groups excluding carboxylic acids is 1. The van der Waals surface area contributed by atoms with Crippen molar-refractivity contribution in [2.45, 2.75) is 32.8 Å². The van der Waals surface area contributed by atoms with Gasteiger partial charge in [-0.1, -0.05) is 24.5 Å². The molecule has 0 bridgehead atoms. The zero-order valence-electron chi connectivity index (χ0n) is 17.4. The topological polar surface area (TPSA) is 111 Å². The van der Waals surface area contributed by atoms with Crippen molar-refractivity contribution in [2.75, 3.05) is 25.5 Å². The summed E-state index contributed by atoms with van der Waals surface area (Å²) in [6, 6.07) is 9.50. The van der Waals surface area contributed by atoms with Crippen LogP contribution in [0.4, 0.5) is 10.1 Å². The molecule has 1 aliphatic heterocycles. The zero-order valence-corrected chi connectivity index (χ0v) is 18.2. The highest BCUT2D eigenvalue weighted by Gasteiger charge is 2.13. The van der Waals surface area contributed by atoms with E-state index in [4.69, 9.17) is 9.84 Å². The second-order valence-corrected chi connectivity index (χ2v) is 7.12. The van der Waals surface area contributed by atoms with Gasteiger partial charge in [-0.3, -0.25) is 4.79 Å². The first kappa shape index (κ1) is 25.7. The molecule has 0 aromatic heterocycles. The predicted octanol–water partition coefficient (Wildman–Crippen LogP) is 2.57. The summed E-state index contributed by atoms with van der Waals surface area (Å²) >= 11 is 0. The quantitative estimate of drug-likeness (QED) is 0.633. The number of anilines is 1. The van der Waals surface area contributed by atoms with Crippen LogP contribution in [-0.2, 0) is 4.57 Å². The van der Waals surface area contributed by atoms with E-state index in [-0.39, 0.29) is 22.7 Å². The molecule has 0 aliphatic carbocycles. The number of methoxy groups -OCH3 is 1. The number of aliphatic hydroxyl groups excluding tert-OH is 1. The van der Waals surface area contributed by atoms with Crippen LogP contribution in [0.25, 0.3) is 0 Å². The number of nitrogens with one attached hydrogen (secondary N) is 2. The van der Waals surface area contributed by atoms with Crippen LogP contribution in [0.5, 0.6) is 5.75 Å². The van der Waals surface area contributed by atoms with Crippen LogP contribution in [0.1, 0.15) is 37.0 Å². The van der Waals surface area contributed by atoms with Crippen LogP contribution >= 0.6 is 8.03 Å². The molecule has 9 heteroatoms. The summed E-state index contributed by atoms with van der Waals surface area (Å²) in [5.74, 6) is -1.03. The van der Waals surface area contributed by atoms with Gasteiger partial charge >= 0.3 is 8.03 Å². The number of piperidine rings is 1. The fourth-order valence-corrected chi connectivity index (χ4v) is 2.96. The summed E-state index contributed by atoms with van der Waals surface area (Å²) in [6.45, 7) is 5.97. The zero-order chi connectivity index (χ0) is 22.5. The predicted molar refractivity (Wildman–Crippen MR) is 114 cm³/mol. The number of carbonyl (C=O) groups is 1. The van der Waals surface area contributed by atoms with Crippen molar-refractivity contribution >= 4 is 24.9 Å². The van der Waals surface area contributed by atoms with Crippen molar-refractivity contribution < 1.29 is 28.5 Å². The molecule has 1 aliphatic rings. The summed E-state index contributed by atoms with van der Waals surface area (Å²) < 4.78 is 29.0. The largest absolute Gasteiger partial charge is 0.591 e. The first-order chi connectivity index (χ1) is 14.4. The minimum atomic E-state index is -2.76. The van der Waals surface area contributed by atoms with Crippen LogP contribution in [-0.4, -0.2) is 37.3 Å². The molecule has 1 heterocycles. The number of hydrogen-bond donors (Lipinski definition) is 3. The van der Waals surface area contributed by atoms with Crippen LogP contribution < -0.4 is 25.6 Å². The fourth-order valence-electron chi connectivity index (χ4n) is 2.51. The van der Waals surface area contributed by atoms with E-state index in [1.54, 1.807) is 0 Å². The molecule has 1 fully saturated rings. The monoisotopic (exact) mass is 438 g/mol. The first-order valence-electron chi connectivity index (χ1n) is 9.69. The van der Waals surface area contributed by atoms with Gasteiger partial charge in [0.05, 0.1) is 13.2 Å². The molecule has 3 N–H and O–H groups in total. The average molecular weight is 438 g/mol. The van der Waals surface area contributed by atoms with Gasteiger partial charge in [-0.2, -0.15) is 0 Å². The lowest BCUT2D eigenvalue weighted by Crippen LogP contribution is -2.30. The van der Waals surface area contributed by atoms with Gasteiger partial charge in [-0.15, -0.1) is 0 Å². The lowest BCUT2D eigenvalue weighted by molar-refractivity contribution is -0.160. The summed E-state index contributed by atoms with van der Waals surface area (Å²) in [5.41, 5.74) is 0.533. The third-order valence-electron chi connectivity index (χ3n) is 4.04. The maximum absolute atomic E-state index is 13.3. The number of benzene rings is 2. The summed E-state index contributed by atoms with van der Waals surface area (Å²) in [5, 5.41) is 14.6. The molecule has 1 atom stereocenters. The SMILES string of the molecule is CC.COc1cc(NC(=O)c2cccc([P+](=O)[O-])c2)ccc1F.OC1CCNCC1. The van der Waals surface area contributed by atoms with Gasteiger partial charge in [0, 0.05) is 23.4 Å². The Kier molecular flexibility index (Phi) is 11.8. The lowest BCUT2D eigenvalue weighted by atomic mass is 10.1. The van der Waals surface area contributed by atoms with Gasteiger partial charge in [-0.25, -0.2) is 4.39 Å². The Balaban J connectivity index is 0.000000418. The minimum absolute atomic E-state index is 0.00388. The molecule has 2 aromatic rings. The molecule has 164 valence electrons. The maximum atomic E-state index is 13.3. The molecule has 1 amide bonds. The number of rotatable bonds is 4. The number of halogens is 1.